The number of aliphatic carboxylic acids is 1. The summed E-state index contributed by atoms with van der Waals surface area (Å²) in [6.45, 7) is 2.97. The lowest BCUT2D eigenvalue weighted by Crippen LogP contribution is -2.45. The van der Waals surface area contributed by atoms with E-state index in [0.717, 1.165) is 12.8 Å². The predicted octanol–water partition coefficient (Wildman–Crippen LogP) is -0.612. The number of rotatable bonds is 6. The number of nitrogens with one attached hydrogen (secondary N) is 1. The second-order valence-corrected chi connectivity index (χ2v) is 6.38. The van der Waals surface area contributed by atoms with E-state index in [4.69, 9.17) is 10.2 Å². The van der Waals surface area contributed by atoms with Crippen molar-refractivity contribution in [3.05, 3.63) is 0 Å². The monoisotopic (exact) mass is 280 g/mol. The summed E-state index contributed by atoms with van der Waals surface area (Å²) in [5.41, 5.74) is 0. The van der Waals surface area contributed by atoms with Crippen molar-refractivity contribution in [1.82, 2.24) is 9.03 Å². The maximum absolute atomic E-state index is 11.8. The highest BCUT2D eigenvalue weighted by molar-refractivity contribution is 7.87. The molecule has 7 nitrogen and oxygen atoms in total. The lowest BCUT2D eigenvalue weighted by Gasteiger charge is -2.29. The van der Waals surface area contributed by atoms with Crippen molar-refractivity contribution in [3.8, 4) is 0 Å². The Bertz CT molecular complexity index is 376. The minimum Gasteiger partial charge on any atom is -0.479 e. The summed E-state index contributed by atoms with van der Waals surface area (Å²) in [7, 11) is -3.55. The number of carbonyl (C=O) groups is 1. The van der Waals surface area contributed by atoms with E-state index in [1.54, 1.807) is 0 Å². The van der Waals surface area contributed by atoms with Crippen molar-refractivity contribution in [3.63, 3.8) is 0 Å². The van der Waals surface area contributed by atoms with Crippen LogP contribution in [-0.4, -0.2) is 54.6 Å². The largest absolute Gasteiger partial charge is 0.479 e. The third-order valence-electron chi connectivity index (χ3n) is 3.07. The Hall–Kier alpha value is -0.700. The van der Waals surface area contributed by atoms with E-state index < -0.39 is 22.3 Å². The maximum Gasteiger partial charge on any atom is 0.332 e. The van der Waals surface area contributed by atoms with E-state index in [2.05, 4.69) is 11.6 Å². The van der Waals surface area contributed by atoms with Gasteiger partial charge in [-0.2, -0.15) is 12.7 Å². The first-order valence-electron chi connectivity index (χ1n) is 5.98. The molecule has 3 N–H and O–H groups in total. The molecule has 0 bridgehead atoms. The van der Waals surface area contributed by atoms with Crippen LogP contribution in [0.15, 0.2) is 0 Å². The van der Waals surface area contributed by atoms with Gasteiger partial charge in [0, 0.05) is 19.6 Å². The summed E-state index contributed by atoms with van der Waals surface area (Å²) in [5, 5.41) is 17.5. The molecule has 0 spiro atoms. The summed E-state index contributed by atoms with van der Waals surface area (Å²) in [5.74, 6) is -0.814. The average molecular weight is 280 g/mol. The molecule has 0 aromatic carbocycles. The molecule has 1 atom stereocenters. The molecule has 0 radical (unpaired) electrons. The van der Waals surface area contributed by atoms with Gasteiger partial charge in [0.2, 0.25) is 0 Å². The molecule has 0 aromatic heterocycles. The van der Waals surface area contributed by atoms with Gasteiger partial charge >= 0.3 is 5.97 Å². The predicted molar refractivity (Wildman–Crippen MR) is 65.2 cm³/mol. The smallest absolute Gasteiger partial charge is 0.332 e. The Balaban J connectivity index is 2.38. The quantitative estimate of drug-likeness (QED) is 0.601. The van der Waals surface area contributed by atoms with Crippen LogP contribution in [0.1, 0.15) is 26.2 Å². The van der Waals surface area contributed by atoms with Crippen molar-refractivity contribution < 1.29 is 23.4 Å². The zero-order valence-corrected chi connectivity index (χ0v) is 11.2. The Morgan fingerprint density at radius 3 is 2.50 bits per heavy atom. The van der Waals surface area contributed by atoms with Gasteiger partial charge in [-0.15, -0.1) is 0 Å². The van der Waals surface area contributed by atoms with Gasteiger partial charge in [-0.05, 0) is 25.2 Å². The van der Waals surface area contributed by atoms with Crippen LogP contribution in [0, 0.1) is 5.92 Å². The van der Waals surface area contributed by atoms with E-state index in [1.165, 1.54) is 4.31 Å². The number of hydrogen-bond donors (Lipinski definition) is 3. The number of carboxylic acids is 1. The summed E-state index contributed by atoms with van der Waals surface area (Å²) in [6.07, 6.45) is -0.00932. The molecule has 1 heterocycles. The Morgan fingerprint density at radius 1 is 1.44 bits per heavy atom. The van der Waals surface area contributed by atoms with Crippen LogP contribution in [0.2, 0.25) is 0 Å². The molecule has 106 valence electrons. The van der Waals surface area contributed by atoms with Crippen LogP contribution in [0.3, 0.4) is 0 Å². The van der Waals surface area contributed by atoms with Gasteiger partial charge in [0.15, 0.2) is 6.10 Å². The van der Waals surface area contributed by atoms with E-state index in [0.29, 0.717) is 19.0 Å². The van der Waals surface area contributed by atoms with Crippen molar-refractivity contribution >= 4 is 16.2 Å². The lowest BCUT2D eigenvalue weighted by atomic mass is 10.0. The van der Waals surface area contributed by atoms with Gasteiger partial charge in [-0.25, -0.2) is 9.52 Å². The highest BCUT2D eigenvalue weighted by Gasteiger charge is 2.26. The standard InChI is InChI=1S/C10H20N2O5S/c1-8-3-6-12(7-4-8)18(16,17)11-5-2-9(13)10(14)15/h8-9,11,13H,2-7H2,1H3,(H,14,15)/t9-/m0/s1. The second kappa shape index (κ2) is 6.46. The number of piperidine rings is 1. The van der Waals surface area contributed by atoms with Crippen LogP contribution in [0.4, 0.5) is 0 Å². The molecular weight excluding hydrogens is 260 g/mol. The molecule has 0 aromatic rings. The van der Waals surface area contributed by atoms with Crippen LogP contribution in [0.25, 0.3) is 0 Å². The van der Waals surface area contributed by atoms with Crippen LogP contribution in [0.5, 0.6) is 0 Å². The normalized spacial score (nSPS) is 20.8. The fourth-order valence-corrected chi connectivity index (χ4v) is 3.01. The summed E-state index contributed by atoms with van der Waals surface area (Å²) in [6, 6.07) is 0. The molecule has 1 saturated heterocycles. The fraction of sp³-hybridized carbons (Fsp3) is 0.900. The molecule has 0 saturated carbocycles. The number of nitrogens with zero attached hydrogens (tertiary/aromatic N) is 1. The summed E-state index contributed by atoms with van der Waals surface area (Å²) in [4.78, 5) is 10.4. The Labute approximate surface area is 107 Å². The van der Waals surface area contributed by atoms with Crippen LogP contribution in [-0.2, 0) is 15.0 Å². The van der Waals surface area contributed by atoms with Gasteiger partial charge in [0.25, 0.3) is 10.2 Å². The minimum atomic E-state index is -3.55. The number of carboxylic acid groups (broad SMARTS) is 1. The molecule has 1 rings (SSSR count). The Kier molecular flexibility index (Phi) is 5.51. The zero-order chi connectivity index (χ0) is 13.8. The minimum absolute atomic E-state index is 0.0815. The summed E-state index contributed by atoms with van der Waals surface area (Å²) >= 11 is 0. The maximum atomic E-state index is 11.8. The molecule has 1 aliphatic heterocycles. The lowest BCUT2D eigenvalue weighted by molar-refractivity contribution is -0.146. The van der Waals surface area contributed by atoms with E-state index in [9.17, 15) is 13.2 Å². The third kappa shape index (κ3) is 4.52. The van der Waals surface area contributed by atoms with Crippen molar-refractivity contribution in [2.45, 2.75) is 32.3 Å². The zero-order valence-electron chi connectivity index (χ0n) is 10.4. The Morgan fingerprint density at radius 2 is 2.00 bits per heavy atom. The summed E-state index contributed by atoms with van der Waals surface area (Å²) < 4.78 is 27.3. The molecule has 0 amide bonds. The molecule has 1 aliphatic rings. The topological polar surface area (TPSA) is 107 Å². The highest BCUT2D eigenvalue weighted by Crippen LogP contribution is 2.17. The molecule has 1 fully saturated rings. The molecule has 0 aliphatic carbocycles. The highest BCUT2D eigenvalue weighted by atomic mass is 32.2. The van der Waals surface area contributed by atoms with Crippen LogP contribution >= 0.6 is 0 Å². The first-order chi connectivity index (χ1) is 8.33. The van der Waals surface area contributed by atoms with Gasteiger partial charge in [0.05, 0.1) is 0 Å². The fourth-order valence-electron chi connectivity index (χ4n) is 1.76. The van der Waals surface area contributed by atoms with Crippen molar-refractivity contribution in [1.29, 1.82) is 0 Å². The third-order valence-corrected chi connectivity index (χ3v) is 4.68. The van der Waals surface area contributed by atoms with Crippen molar-refractivity contribution in [2.24, 2.45) is 5.92 Å². The van der Waals surface area contributed by atoms with Crippen LogP contribution < -0.4 is 4.72 Å². The van der Waals surface area contributed by atoms with Gasteiger partial charge in [-0.3, -0.25) is 0 Å². The second-order valence-electron chi connectivity index (χ2n) is 4.62. The molecule has 8 heteroatoms. The SMILES string of the molecule is CC1CCN(S(=O)(=O)NCC[C@H](O)C(=O)O)CC1. The number of aliphatic hydroxyl groups is 1. The molecular formula is C10H20N2O5S. The van der Waals surface area contributed by atoms with E-state index in [1.807, 2.05) is 0 Å². The first kappa shape index (κ1) is 15.4. The number of aliphatic hydroxyl groups excluding tert-OH is 1. The van der Waals surface area contributed by atoms with E-state index in [-0.39, 0.29) is 13.0 Å². The number of hydrogen-bond acceptors (Lipinski definition) is 4. The molecule has 18 heavy (non-hydrogen) atoms. The molecule has 0 unspecified atom stereocenters. The van der Waals surface area contributed by atoms with Gasteiger partial charge in [0.1, 0.15) is 0 Å². The average Bonchev–Trinajstić information content (AvgIpc) is 2.29. The van der Waals surface area contributed by atoms with E-state index >= 15 is 0 Å². The van der Waals surface area contributed by atoms with Crippen molar-refractivity contribution in [2.75, 3.05) is 19.6 Å². The first-order valence-corrected chi connectivity index (χ1v) is 7.42. The van der Waals surface area contributed by atoms with Gasteiger partial charge < -0.3 is 10.2 Å². The van der Waals surface area contributed by atoms with Gasteiger partial charge in [-0.1, -0.05) is 6.92 Å².